The van der Waals surface area contributed by atoms with Crippen molar-refractivity contribution in [1.29, 1.82) is 10.5 Å². The zero-order valence-corrected chi connectivity index (χ0v) is 11.4. The lowest BCUT2D eigenvalue weighted by Gasteiger charge is -2.23. The average Bonchev–Trinajstić information content (AvgIpc) is 2.77. The van der Waals surface area contributed by atoms with E-state index in [-0.39, 0.29) is 5.91 Å². The fourth-order valence-electron chi connectivity index (χ4n) is 2.38. The van der Waals surface area contributed by atoms with Gasteiger partial charge in [-0.2, -0.15) is 15.6 Å². The van der Waals surface area contributed by atoms with Crippen LogP contribution in [0.1, 0.15) is 18.4 Å². The van der Waals surface area contributed by atoms with Crippen molar-refractivity contribution in [3.8, 4) is 12.1 Å². The van der Waals surface area contributed by atoms with Crippen molar-refractivity contribution in [3.05, 3.63) is 34.9 Å². The van der Waals surface area contributed by atoms with E-state index in [0.717, 1.165) is 0 Å². The second-order valence-corrected chi connectivity index (χ2v) is 4.90. The number of halogens is 1. The highest BCUT2D eigenvalue weighted by Gasteiger charge is 2.41. The minimum absolute atomic E-state index is 0.317. The monoisotopic (exact) mass is 286 g/mol. The first kappa shape index (κ1) is 14.0. The van der Waals surface area contributed by atoms with E-state index < -0.39 is 17.8 Å². The van der Waals surface area contributed by atoms with Crippen molar-refractivity contribution < 1.29 is 4.79 Å². The van der Waals surface area contributed by atoms with Gasteiger partial charge in [0, 0.05) is 16.7 Å². The first-order chi connectivity index (χ1) is 9.60. The Morgan fingerprint density at radius 1 is 1.35 bits per heavy atom. The van der Waals surface area contributed by atoms with E-state index in [9.17, 15) is 15.3 Å². The molecule has 1 aromatic carbocycles. The summed E-state index contributed by atoms with van der Waals surface area (Å²) in [5.41, 5.74) is 3.54. The van der Waals surface area contributed by atoms with Gasteiger partial charge in [-0.15, -0.1) is 0 Å². The molecule has 1 aromatic rings. The number of carbonyl (C=O) groups is 1. The third kappa shape index (κ3) is 2.36. The number of amides is 1. The second-order valence-electron chi connectivity index (χ2n) is 4.49. The van der Waals surface area contributed by atoms with E-state index in [0.29, 0.717) is 16.3 Å². The molecule has 0 aliphatic carbocycles. The van der Waals surface area contributed by atoms with Crippen LogP contribution in [0.5, 0.6) is 0 Å². The van der Waals surface area contributed by atoms with Crippen molar-refractivity contribution >= 4 is 23.2 Å². The van der Waals surface area contributed by atoms with Gasteiger partial charge in [-0.05, 0) is 18.6 Å². The van der Waals surface area contributed by atoms with Crippen LogP contribution in [0.25, 0.3) is 0 Å². The van der Waals surface area contributed by atoms with Crippen LogP contribution in [-0.2, 0) is 4.79 Å². The molecule has 0 radical (unpaired) electrons. The Hall–Kier alpha value is -2.37. The Balaban J connectivity index is 2.55. The molecule has 1 N–H and O–H groups in total. The van der Waals surface area contributed by atoms with E-state index in [1.54, 1.807) is 31.2 Å². The fraction of sp³-hybridized carbons (Fsp3) is 0.286. The molecule has 1 heterocycles. The number of carbonyl (C=O) groups excluding carboxylic acids is 1. The Bertz CT molecular complexity index is 642. The Morgan fingerprint density at radius 3 is 2.50 bits per heavy atom. The molecule has 1 aliphatic heterocycles. The molecule has 20 heavy (non-hydrogen) atoms. The predicted octanol–water partition coefficient (Wildman–Crippen LogP) is 2.21. The normalized spacial score (nSPS) is 18.9. The lowest BCUT2D eigenvalue weighted by atomic mass is 9.76. The topological polar surface area (TPSA) is 89.0 Å². The van der Waals surface area contributed by atoms with Gasteiger partial charge in [0.05, 0.1) is 18.1 Å². The number of benzene rings is 1. The van der Waals surface area contributed by atoms with E-state index in [2.05, 4.69) is 10.5 Å². The minimum atomic E-state index is -0.978. The molecule has 0 aromatic heterocycles. The molecule has 0 saturated heterocycles. The number of nitrogens with zero attached hydrogens (tertiary/aromatic N) is 3. The molecule has 1 aliphatic rings. The second kappa shape index (κ2) is 5.73. The summed E-state index contributed by atoms with van der Waals surface area (Å²) in [5.74, 6) is -2.58. The van der Waals surface area contributed by atoms with Gasteiger partial charge in [0.25, 0.3) is 0 Å². The van der Waals surface area contributed by atoms with Crippen LogP contribution in [0.2, 0.25) is 5.02 Å². The van der Waals surface area contributed by atoms with Gasteiger partial charge >= 0.3 is 0 Å². The van der Waals surface area contributed by atoms with Gasteiger partial charge in [0.15, 0.2) is 0 Å². The van der Waals surface area contributed by atoms with Crippen molar-refractivity contribution in [1.82, 2.24) is 5.43 Å². The van der Waals surface area contributed by atoms with Crippen LogP contribution in [0, 0.1) is 34.5 Å². The molecule has 2 rings (SSSR count). The van der Waals surface area contributed by atoms with Crippen molar-refractivity contribution in [2.45, 2.75) is 12.8 Å². The first-order valence-corrected chi connectivity index (χ1v) is 6.35. The summed E-state index contributed by atoms with van der Waals surface area (Å²) in [6.45, 7) is 1.69. The maximum atomic E-state index is 12.0. The molecular weight excluding hydrogens is 276 g/mol. The molecule has 1 amide bonds. The summed E-state index contributed by atoms with van der Waals surface area (Å²) in [6, 6.07) is 10.8. The summed E-state index contributed by atoms with van der Waals surface area (Å²) in [5, 5.41) is 22.7. The summed E-state index contributed by atoms with van der Waals surface area (Å²) < 4.78 is 0. The largest absolute Gasteiger partial charge is 0.272 e. The predicted molar refractivity (Wildman–Crippen MR) is 73.7 cm³/mol. The van der Waals surface area contributed by atoms with E-state index in [1.807, 2.05) is 12.1 Å². The van der Waals surface area contributed by atoms with Gasteiger partial charge < -0.3 is 0 Å². The average molecular weight is 287 g/mol. The fourth-order valence-corrected chi connectivity index (χ4v) is 2.64. The molecule has 6 heteroatoms. The summed E-state index contributed by atoms with van der Waals surface area (Å²) in [6.07, 6.45) is 0. The molecule has 100 valence electrons. The molecule has 0 bridgehead atoms. The third-order valence-electron chi connectivity index (χ3n) is 3.34. The highest BCUT2D eigenvalue weighted by molar-refractivity contribution is 6.31. The van der Waals surface area contributed by atoms with Crippen LogP contribution in [-0.4, -0.2) is 11.6 Å². The highest BCUT2D eigenvalue weighted by Crippen LogP contribution is 2.38. The zero-order valence-electron chi connectivity index (χ0n) is 10.7. The van der Waals surface area contributed by atoms with Crippen LogP contribution in [0.4, 0.5) is 0 Å². The van der Waals surface area contributed by atoms with Gasteiger partial charge in [-0.1, -0.05) is 29.8 Å². The molecule has 0 saturated carbocycles. The van der Waals surface area contributed by atoms with E-state index in [4.69, 9.17) is 11.6 Å². The highest BCUT2D eigenvalue weighted by atomic mass is 35.5. The molecular formula is C14H11ClN4O. The van der Waals surface area contributed by atoms with Gasteiger partial charge in [0.2, 0.25) is 5.91 Å². The summed E-state index contributed by atoms with van der Waals surface area (Å²) in [7, 11) is 0. The molecule has 2 atom stereocenters. The SMILES string of the molecule is CC1=NNC(=O)C1C(c1ccccc1Cl)C(C#N)C#N. The quantitative estimate of drug-likeness (QED) is 0.924. The van der Waals surface area contributed by atoms with Gasteiger partial charge in [-0.25, -0.2) is 5.43 Å². The van der Waals surface area contributed by atoms with E-state index in [1.165, 1.54) is 0 Å². The number of hydrazone groups is 1. The number of hydrogen-bond donors (Lipinski definition) is 1. The maximum absolute atomic E-state index is 12.0. The zero-order chi connectivity index (χ0) is 14.7. The molecule has 2 unspecified atom stereocenters. The van der Waals surface area contributed by atoms with Crippen LogP contribution in [0.15, 0.2) is 29.4 Å². The lowest BCUT2D eigenvalue weighted by Crippen LogP contribution is -2.32. The Labute approximate surface area is 121 Å². The number of nitrogens with one attached hydrogen (secondary N) is 1. The molecule has 5 nitrogen and oxygen atoms in total. The third-order valence-corrected chi connectivity index (χ3v) is 3.68. The maximum Gasteiger partial charge on any atom is 0.249 e. The first-order valence-electron chi connectivity index (χ1n) is 5.97. The van der Waals surface area contributed by atoms with E-state index >= 15 is 0 Å². The molecule has 0 spiro atoms. The van der Waals surface area contributed by atoms with Gasteiger partial charge in [0.1, 0.15) is 5.92 Å². The van der Waals surface area contributed by atoms with Crippen LogP contribution in [0.3, 0.4) is 0 Å². The number of rotatable bonds is 3. The van der Waals surface area contributed by atoms with Crippen molar-refractivity contribution in [3.63, 3.8) is 0 Å². The minimum Gasteiger partial charge on any atom is -0.272 e. The number of hydrogen-bond acceptors (Lipinski definition) is 4. The Kier molecular flexibility index (Phi) is 4.02. The van der Waals surface area contributed by atoms with Gasteiger partial charge in [-0.3, -0.25) is 4.79 Å². The van der Waals surface area contributed by atoms with Crippen molar-refractivity contribution in [2.24, 2.45) is 16.9 Å². The van der Waals surface area contributed by atoms with Crippen LogP contribution < -0.4 is 5.43 Å². The molecule has 0 fully saturated rings. The van der Waals surface area contributed by atoms with Crippen LogP contribution >= 0.6 is 11.6 Å². The van der Waals surface area contributed by atoms with Crippen molar-refractivity contribution in [2.75, 3.05) is 0 Å². The summed E-state index contributed by atoms with van der Waals surface area (Å²) in [4.78, 5) is 12.0. The summed E-state index contributed by atoms with van der Waals surface area (Å²) >= 11 is 6.16. The number of nitriles is 2. The lowest BCUT2D eigenvalue weighted by molar-refractivity contribution is -0.122. The standard InChI is InChI=1S/C14H11ClN4O/c1-8-12(14(20)19-18-8)13(9(6-16)7-17)10-4-2-3-5-11(10)15/h2-5,9,12-13H,1H3,(H,19,20). The Morgan fingerprint density at radius 2 is 2.00 bits per heavy atom. The smallest absolute Gasteiger partial charge is 0.249 e.